The summed E-state index contributed by atoms with van der Waals surface area (Å²) in [6.07, 6.45) is 7.15. The first-order valence-corrected chi connectivity index (χ1v) is 5.77. The van der Waals surface area contributed by atoms with Crippen LogP contribution in [0.4, 0.5) is 0 Å². The number of nitrogens with one attached hydrogen (secondary N) is 2. The van der Waals surface area contributed by atoms with Crippen LogP contribution in [0.3, 0.4) is 0 Å². The summed E-state index contributed by atoms with van der Waals surface area (Å²) in [6, 6.07) is 6.12. The quantitative estimate of drug-likeness (QED) is 0.780. The van der Waals surface area contributed by atoms with Gasteiger partial charge in [0, 0.05) is 22.1 Å². The molecule has 0 unspecified atom stereocenters. The van der Waals surface area contributed by atoms with Crippen LogP contribution in [-0.4, -0.2) is 18.6 Å². The third-order valence-corrected chi connectivity index (χ3v) is 2.86. The van der Waals surface area contributed by atoms with Crippen LogP contribution in [0.15, 0.2) is 30.5 Å². The van der Waals surface area contributed by atoms with E-state index in [1.807, 2.05) is 19.3 Å². The first-order valence-electron chi connectivity index (χ1n) is 5.39. The lowest BCUT2D eigenvalue weighted by Gasteiger charge is -1.99. The molecule has 0 aliphatic heterocycles. The molecule has 1 aromatic heterocycles. The Morgan fingerprint density at radius 3 is 3.12 bits per heavy atom. The number of rotatable bonds is 4. The maximum Gasteiger partial charge on any atom is 0.0499 e. The third kappa shape index (κ3) is 2.46. The number of benzene rings is 1. The third-order valence-electron chi connectivity index (χ3n) is 2.53. The van der Waals surface area contributed by atoms with Gasteiger partial charge in [0.25, 0.3) is 0 Å². The van der Waals surface area contributed by atoms with E-state index in [4.69, 9.17) is 11.6 Å². The molecule has 0 atom stereocenters. The maximum absolute atomic E-state index is 6.19. The minimum Gasteiger partial charge on any atom is -0.361 e. The summed E-state index contributed by atoms with van der Waals surface area (Å²) in [5, 5.41) is 5.08. The number of H-pyrrole nitrogens is 1. The van der Waals surface area contributed by atoms with Gasteiger partial charge < -0.3 is 10.3 Å². The molecular formula is C13H15ClN2. The summed E-state index contributed by atoms with van der Waals surface area (Å²) >= 11 is 6.19. The smallest absolute Gasteiger partial charge is 0.0499 e. The van der Waals surface area contributed by atoms with Gasteiger partial charge in [-0.15, -0.1) is 0 Å². The van der Waals surface area contributed by atoms with E-state index in [0.29, 0.717) is 0 Å². The fourth-order valence-electron chi connectivity index (χ4n) is 1.66. The van der Waals surface area contributed by atoms with E-state index in [1.165, 1.54) is 5.39 Å². The lowest BCUT2D eigenvalue weighted by molar-refractivity contribution is 0.809. The summed E-state index contributed by atoms with van der Waals surface area (Å²) in [5.74, 6) is 0. The highest BCUT2D eigenvalue weighted by Gasteiger charge is 2.00. The number of aromatic nitrogens is 1. The molecule has 2 N–H and O–H groups in total. The number of halogens is 1. The van der Waals surface area contributed by atoms with Crippen molar-refractivity contribution >= 4 is 28.6 Å². The summed E-state index contributed by atoms with van der Waals surface area (Å²) in [5.41, 5.74) is 2.15. The number of fused-ring (bicyclic) bond motifs is 1. The number of hydrogen-bond donors (Lipinski definition) is 2. The summed E-state index contributed by atoms with van der Waals surface area (Å²) in [7, 11) is 1.95. The van der Waals surface area contributed by atoms with Gasteiger partial charge in [-0.05, 0) is 43.8 Å². The molecule has 16 heavy (non-hydrogen) atoms. The largest absolute Gasteiger partial charge is 0.361 e. The van der Waals surface area contributed by atoms with Crippen LogP contribution in [0.5, 0.6) is 0 Å². The Labute approximate surface area is 100 Å². The minimum atomic E-state index is 0.788. The molecule has 0 saturated heterocycles. The lowest BCUT2D eigenvalue weighted by atomic mass is 10.1. The fraction of sp³-hybridized carbons (Fsp3) is 0.231. The van der Waals surface area contributed by atoms with Gasteiger partial charge in [-0.25, -0.2) is 0 Å². The van der Waals surface area contributed by atoms with E-state index in [9.17, 15) is 0 Å². The average Bonchev–Trinajstić information content (AvgIpc) is 2.71. The van der Waals surface area contributed by atoms with Crippen LogP contribution in [0.1, 0.15) is 12.0 Å². The molecule has 0 fully saturated rings. The molecule has 2 rings (SSSR count). The molecule has 1 aromatic carbocycles. The molecule has 0 spiro atoms. The topological polar surface area (TPSA) is 27.8 Å². The molecule has 0 radical (unpaired) electrons. The minimum absolute atomic E-state index is 0.788. The Bertz CT molecular complexity index is 500. The van der Waals surface area contributed by atoms with E-state index in [2.05, 4.69) is 34.6 Å². The van der Waals surface area contributed by atoms with E-state index >= 15 is 0 Å². The van der Waals surface area contributed by atoms with Crippen molar-refractivity contribution in [2.45, 2.75) is 6.42 Å². The molecule has 0 aliphatic carbocycles. The van der Waals surface area contributed by atoms with Gasteiger partial charge in [0.15, 0.2) is 0 Å². The number of hydrogen-bond acceptors (Lipinski definition) is 1. The van der Waals surface area contributed by atoms with Crippen molar-refractivity contribution in [3.8, 4) is 0 Å². The Hall–Kier alpha value is -1.25. The van der Waals surface area contributed by atoms with E-state index < -0.39 is 0 Å². The second kappa shape index (κ2) is 5.19. The highest BCUT2D eigenvalue weighted by molar-refractivity contribution is 6.32. The molecule has 84 valence electrons. The monoisotopic (exact) mass is 234 g/mol. The van der Waals surface area contributed by atoms with Gasteiger partial charge >= 0.3 is 0 Å². The van der Waals surface area contributed by atoms with Crippen molar-refractivity contribution in [1.82, 2.24) is 10.3 Å². The van der Waals surface area contributed by atoms with Crippen LogP contribution >= 0.6 is 11.6 Å². The summed E-state index contributed by atoms with van der Waals surface area (Å²) < 4.78 is 0. The normalized spacial score (nSPS) is 11.6. The molecule has 0 amide bonds. The molecule has 1 heterocycles. The molecule has 0 saturated carbocycles. The molecule has 3 heteroatoms. The zero-order valence-corrected chi connectivity index (χ0v) is 10.0. The van der Waals surface area contributed by atoms with Crippen molar-refractivity contribution in [2.24, 2.45) is 0 Å². The van der Waals surface area contributed by atoms with Crippen LogP contribution in [0.25, 0.3) is 17.0 Å². The van der Waals surface area contributed by atoms with Crippen molar-refractivity contribution < 1.29 is 0 Å². The van der Waals surface area contributed by atoms with Crippen LogP contribution < -0.4 is 5.32 Å². The Morgan fingerprint density at radius 2 is 2.31 bits per heavy atom. The van der Waals surface area contributed by atoms with Gasteiger partial charge in [0.2, 0.25) is 0 Å². The van der Waals surface area contributed by atoms with Crippen molar-refractivity contribution in [3.05, 3.63) is 41.1 Å². The van der Waals surface area contributed by atoms with Crippen molar-refractivity contribution in [1.29, 1.82) is 0 Å². The Morgan fingerprint density at radius 1 is 1.44 bits per heavy atom. The van der Waals surface area contributed by atoms with Gasteiger partial charge in [0.05, 0.1) is 0 Å². The van der Waals surface area contributed by atoms with Gasteiger partial charge in [0.1, 0.15) is 0 Å². The summed E-state index contributed by atoms with van der Waals surface area (Å²) in [4.78, 5) is 3.15. The second-order valence-corrected chi connectivity index (χ2v) is 4.14. The first-order chi connectivity index (χ1) is 7.81. The Kier molecular flexibility index (Phi) is 3.65. The molecule has 2 nitrogen and oxygen atoms in total. The SMILES string of the molecule is CNCCC=Cc1cc2cc[nH]c2cc1Cl. The lowest BCUT2D eigenvalue weighted by Crippen LogP contribution is -2.05. The van der Waals surface area contributed by atoms with Gasteiger partial charge in [-0.1, -0.05) is 23.8 Å². The predicted octanol–water partition coefficient (Wildman–Crippen LogP) is 3.44. The fourth-order valence-corrected chi connectivity index (χ4v) is 1.88. The van der Waals surface area contributed by atoms with Gasteiger partial charge in [-0.3, -0.25) is 0 Å². The zero-order chi connectivity index (χ0) is 11.4. The molecular weight excluding hydrogens is 220 g/mol. The molecule has 2 aromatic rings. The highest BCUT2D eigenvalue weighted by atomic mass is 35.5. The number of aromatic amines is 1. The van der Waals surface area contributed by atoms with Crippen LogP contribution in [0, 0.1) is 0 Å². The standard InChI is InChI=1S/C13H15ClN2/c1-15-6-3-2-4-10-8-11-5-7-16-13(11)9-12(10)14/h2,4-5,7-9,15-16H,3,6H2,1H3. The Balaban J connectivity index is 2.22. The van der Waals surface area contributed by atoms with E-state index in [-0.39, 0.29) is 0 Å². The van der Waals surface area contributed by atoms with Crippen molar-refractivity contribution in [2.75, 3.05) is 13.6 Å². The van der Waals surface area contributed by atoms with Crippen molar-refractivity contribution in [3.63, 3.8) is 0 Å². The second-order valence-electron chi connectivity index (χ2n) is 3.73. The van der Waals surface area contributed by atoms with Gasteiger partial charge in [-0.2, -0.15) is 0 Å². The van der Waals surface area contributed by atoms with Crippen LogP contribution in [-0.2, 0) is 0 Å². The van der Waals surface area contributed by atoms with E-state index in [0.717, 1.165) is 29.1 Å². The zero-order valence-electron chi connectivity index (χ0n) is 9.26. The molecule has 0 aliphatic rings. The van der Waals surface area contributed by atoms with Crippen LogP contribution in [0.2, 0.25) is 5.02 Å². The summed E-state index contributed by atoms with van der Waals surface area (Å²) in [6.45, 7) is 0.987. The predicted molar refractivity (Wildman–Crippen MR) is 70.9 cm³/mol. The average molecular weight is 235 g/mol. The maximum atomic E-state index is 6.19. The highest BCUT2D eigenvalue weighted by Crippen LogP contribution is 2.24. The molecule has 0 bridgehead atoms. The van der Waals surface area contributed by atoms with E-state index in [1.54, 1.807) is 0 Å². The first kappa shape index (κ1) is 11.2.